The lowest BCUT2D eigenvalue weighted by atomic mass is 10.0. The molecule has 1 N–H and O–H groups in total. The quantitative estimate of drug-likeness (QED) is 0.606. The Morgan fingerprint density at radius 2 is 2.19 bits per heavy atom. The van der Waals surface area contributed by atoms with E-state index in [1.54, 1.807) is 0 Å². The van der Waals surface area contributed by atoms with E-state index in [1.807, 2.05) is 17.7 Å². The molecule has 0 aliphatic rings. The Balaban J connectivity index is 1.86. The van der Waals surface area contributed by atoms with Gasteiger partial charge in [-0.25, -0.2) is 0 Å². The van der Waals surface area contributed by atoms with Crippen LogP contribution in [0.15, 0.2) is 22.7 Å². The summed E-state index contributed by atoms with van der Waals surface area (Å²) in [6.07, 6.45) is 1.73. The molecule has 21 heavy (non-hydrogen) atoms. The molecule has 0 fully saturated rings. The Morgan fingerprint density at radius 1 is 1.43 bits per heavy atom. The molecule has 0 aliphatic carbocycles. The van der Waals surface area contributed by atoms with E-state index in [1.165, 1.54) is 5.56 Å². The van der Waals surface area contributed by atoms with Gasteiger partial charge in [-0.1, -0.05) is 19.9 Å². The molecule has 0 spiro atoms. The normalized spacial score (nSPS) is 11.1. The molecule has 0 atom stereocenters. The van der Waals surface area contributed by atoms with Gasteiger partial charge in [-0.05, 0) is 58.2 Å². The summed E-state index contributed by atoms with van der Waals surface area (Å²) < 4.78 is 9.37. The van der Waals surface area contributed by atoms with E-state index in [4.69, 9.17) is 17.0 Å². The average Bonchev–Trinajstić information content (AvgIpc) is 2.76. The highest BCUT2D eigenvalue weighted by molar-refractivity contribution is 9.10. The third-order valence-electron chi connectivity index (χ3n) is 3.40. The van der Waals surface area contributed by atoms with Crippen LogP contribution in [0.4, 0.5) is 0 Å². The van der Waals surface area contributed by atoms with Crippen LogP contribution < -0.4 is 4.74 Å². The topological polar surface area (TPSA) is 42.8 Å². The fourth-order valence-electron chi connectivity index (χ4n) is 2.01. The van der Waals surface area contributed by atoms with Crippen molar-refractivity contribution in [2.45, 2.75) is 32.6 Å². The number of aromatic nitrogens is 3. The molecule has 1 aromatic carbocycles. The van der Waals surface area contributed by atoms with Crippen molar-refractivity contribution in [2.75, 3.05) is 6.61 Å². The lowest BCUT2D eigenvalue weighted by Crippen LogP contribution is -2.04. The summed E-state index contributed by atoms with van der Waals surface area (Å²) in [4.78, 5) is 0. The highest BCUT2D eigenvalue weighted by atomic mass is 79.9. The Morgan fingerprint density at radius 3 is 2.76 bits per heavy atom. The van der Waals surface area contributed by atoms with Crippen molar-refractivity contribution in [3.05, 3.63) is 38.8 Å². The van der Waals surface area contributed by atoms with Crippen LogP contribution in [0, 0.1) is 4.77 Å². The highest BCUT2D eigenvalue weighted by Crippen LogP contribution is 2.29. The molecule has 114 valence electrons. The maximum Gasteiger partial charge on any atom is 0.194 e. The monoisotopic (exact) mass is 369 g/mol. The summed E-state index contributed by atoms with van der Waals surface area (Å²) in [6.45, 7) is 5.01. The Kier molecular flexibility index (Phi) is 5.58. The number of H-pyrrole nitrogens is 1. The molecule has 4 nitrogen and oxygen atoms in total. The molecular weight excluding hydrogens is 350 g/mol. The SMILES string of the molecule is CC(C)c1ccc(OCCCc2n[nH]c(=S)n2C)c(Br)c1. The minimum atomic E-state index is 0.516. The summed E-state index contributed by atoms with van der Waals surface area (Å²) in [5.74, 6) is 2.36. The number of nitrogens with one attached hydrogen (secondary N) is 1. The maximum absolute atomic E-state index is 5.82. The van der Waals surface area contributed by atoms with E-state index >= 15 is 0 Å². The molecule has 2 rings (SSSR count). The summed E-state index contributed by atoms with van der Waals surface area (Å²) in [7, 11) is 1.92. The fraction of sp³-hybridized carbons (Fsp3) is 0.467. The van der Waals surface area contributed by atoms with Crippen molar-refractivity contribution in [1.82, 2.24) is 14.8 Å². The Hall–Kier alpha value is -1.14. The van der Waals surface area contributed by atoms with Crippen molar-refractivity contribution in [3.8, 4) is 5.75 Å². The van der Waals surface area contributed by atoms with E-state index in [0.29, 0.717) is 17.3 Å². The van der Waals surface area contributed by atoms with Crippen LogP contribution in [0.25, 0.3) is 0 Å². The second-order valence-electron chi connectivity index (χ2n) is 5.30. The first kappa shape index (κ1) is 16.2. The number of nitrogens with zero attached hydrogens (tertiary/aromatic N) is 2. The van der Waals surface area contributed by atoms with Crippen molar-refractivity contribution in [3.63, 3.8) is 0 Å². The smallest absolute Gasteiger partial charge is 0.194 e. The molecule has 0 radical (unpaired) electrons. The summed E-state index contributed by atoms with van der Waals surface area (Å²) in [5, 5.41) is 6.98. The number of aromatic amines is 1. The third-order valence-corrected chi connectivity index (χ3v) is 4.38. The fourth-order valence-corrected chi connectivity index (χ4v) is 2.67. The second-order valence-corrected chi connectivity index (χ2v) is 6.54. The Bertz CT molecular complexity index is 663. The maximum atomic E-state index is 5.82. The Labute approximate surface area is 138 Å². The first-order valence-corrected chi connectivity index (χ1v) is 8.21. The minimum absolute atomic E-state index is 0.516. The molecule has 0 saturated heterocycles. The molecule has 6 heteroatoms. The molecule has 0 bridgehead atoms. The molecule has 0 aliphatic heterocycles. The van der Waals surface area contributed by atoms with E-state index in [9.17, 15) is 0 Å². The predicted octanol–water partition coefficient (Wildman–Crippen LogP) is 4.38. The first-order valence-electron chi connectivity index (χ1n) is 7.01. The molecule has 1 heterocycles. The van der Waals surface area contributed by atoms with E-state index < -0.39 is 0 Å². The van der Waals surface area contributed by atoms with Gasteiger partial charge in [-0.15, -0.1) is 0 Å². The van der Waals surface area contributed by atoms with Crippen LogP contribution in [-0.2, 0) is 13.5 Å². The molecule has 0 saturated carbocycles. The van der Waals surface area contributed by atoms with Gasteiger partial charge in [-0.3, -0.25) is 5.10 Å². The molecule has 2 aromatic rings. The van der Waals surface area contributed by atoms with Crippen LogP contribution in [0.3, 0.4) is 0 Å². The third kappa shape index (κ3) is 4.17. The van der Waals surface area contributed by atoms with Crippen LogP contribution in [0.5, 0.6) is 5.75 Å². The van der Waals surface area contributed by atoms with Crippen LogP contribution in [0.2, 0.25) is 0 Å². The van der Waals surface area contributed by atoms with Crippen LogP contribution >= 0.6 is 28.1 Å². The lowest BCUT2D eigenvalue weighted by Gasteiger charge is -2.11. The van der Waals surface area contributed by atoms with Gasteiger partial charge in [0.1, 0.15) is 11.6 Å². The number of hydrogen-bond donors (Lipinski definition) is 1. The van der Waals surface area contributed by atoms with Gasteiger partial charge < -0.3 is 9.30 Å². The van der Waals surface area contributed by atoms with Crippen LogP contribution in [0.1, 0.15) is 37.6 Å². The first-order chi connectivity index (χ1) is 9.99. The number of hydrogen-bond acceptors (Lipinski definition) is 3. The van der Waals surface area contributed by atoms with Gasteiger partial charge in [-0.2, -0.15) is 5.10 Å². The van der Waals surface area contributed by atoms with Crippen molar-refractivity contribution in [1.29, 1.82) is 0 Å². The molecular formula is C15H20BrN3OS. The second kappa shape index (κ2) is 7.22. The number of benzene rings is 1. The molecule has 0 amide bonds. The number of ether oxygens (including phenoxy) is 1. The standard InChI is InChI=1S/C15H20BrN3OS/c1-10(2)11-6-7-13(12(16)9-11)20-8-4-5-14-17-18-15(21)19(14)3/h6-7,9-10H,4-5,8H2,1-3H3,(H,18,21). The molecule has 1 aromatic heterocycles. The van der Waals surface area contributed by atoms with E-state index in [0.717, 1.165) is 28.9 Å². The zero-order chi connectivity index (χ0) is 15.4. The zero-order valence-corrected chi connectivity index (χ0v) is 14.9. The molecule has 0 unspecified atom stereocenters. The number of aryl methyl sites for hydroxylation is 1. The van der Waals surface area contributed by atoms with Crippen LogP contribution in [-0.4, -0.2) is 21.4 Å². The van der Waals surface area contributed by atoms with Gasteiger partial charge in [0.25, 0.3) is 0 Å². The van der Waals surface area contributed by atoms with Gasteiger partial charge >= 0.3 is 0 Å². The highest BCUT2D eigenvalue weighted by Gasteiger charge is 2.06. The number of rotatable bonds is 6. The van der Waals surface area contributed by atoms with Crippen molar-refractivity contribution in [2.24, 2.45) is 7.05 Å². The summed E-state index contributed by atoms with van der Waals surface area (Å²) in [6, 6.07) is 6.26. The van der Waals surface area contributed by atoms with Crippen molar-refractivity contribution >= 4 is 28.1 Å². The number of halogens is 1. The van der Waals surface area contributed by atoms with E-state index in [2.05, 4.69) is 52.1 Å². The lowest BCUT2D eigenvalue weighted by molar-refractivity contribution is 0.307. The van der Waals surface area contributed by atoms with Gasteiger partial charge in [0, 0.05) is 13.5 Å². The van der Waals surface area contributed by atoms with Gasteiger partial charge in [0.15, 0.2) is 4.77 Å². The predicted molar refractivity (Wildman–Crippen MR) is 90.4 cm³/mol. The van der Waals surface area contributed by atoms with Crippen molar-refractivity contribution < 1.29 is 4.74 Å². The van der Waals surface area contributed by atoms with E-state index in [-0.39, 0.29) is 0 Å². The minimum Gasteiger partial charge on any atom is -0.492 e. The summed E-state index contributed by atoms with van der Waals surface area (Å²) in [5.41, 5.74) is 1.30. The zero-order valence-electron chi connectivity index (χ0n) is 12.5. The summed E-state index contributed by atoms with van der Waals surface area (Å²) >= 11 is 8.65. The average molecular weight is 370 g/mol. The van der Waals surface area contributed by atoms with Gasteiger partial charge in [0.05, 0.1) is 11.1 Å². The largest absolute Gasteiger partial charge is 0.492 e. The van der Waals surface area contributed by atoms with Gasteiger partial charge in [0.2, 0.25) is 0 Å².